The lowest BCUT2D eigenvalue weighted by atomic mass is 9.93. The highest BCUT2D eigenvalue weighted by Crippen LogP contribution is 2.38. The Morgan fingerprint density at radius 2 is 1.78 bits per heavy atom. The van der Waals surface area contributed by atoms with Crippen LogP contribution in [0.15, 0.2) is 55.1 Å². The molecule has 2 aromatic carbocycles. The third-order valence-corrected chi connectivity index (χ3v) is 6.12. The fourth-order valence-corrected chi connectivity index (χ4v) is 4.11. The van der Waals surface area contributed by atoms with Crippen molar-refractivity contribution >= 4 is 23.6 Å². The van der Waals surface area contributed by atoms with E-state index in [9.17, 15) is 9.59 Å². The molecular formula is C31H46ClN3O6. The number of fused-ring (bicyclic) bond motifs is 1. The van der Waals surface area contributed by atoms with Crippen molar-refractivity contribution in [2.75, 3.05) is 13.2 Å². The minimum absolute atomic E-state index is 0.245. The molecular weight excluding hydrogens is 546 g/mol. The van der Waals surface area contributed by atoms with Crippen molar-refractivity contribution < 1.29 is 29.0 Å². The molecule has 2 amide bonds. The number of amides is 2. The smallest absolute Gasteiger partial charge is 0.411 e. The first kappa shape index (κ1) is 35.9. The van der Waals surface area contributed by atoms with Gasteiger partial charge < -0.3 is 25.2 Å². The molecule has 0 bridgehead atoms. The maximum absolute atomic E-state index is 12.5. The van der Waals surface area contributed by atoms with Crippen molar-refractivity contribution in [3.05, 3.63) is 71.3 Å². The van der Waals surface area contributed by atoms with Gasteiger partial charge in [0.25, 0.3) is 0 Å². The van der Waals surface area contributed by atoms with Crippen LogP contribution in [0.1, 0.15) is 59.1 Å². The molecule has 2 aromatic rings. The number of carbonyl (C=O) groups is 2. The van der Waals surface area contributed by atoms with Gasteiger partial charge in [-0.3, -0.25) is 9.69 Å². The average molecular weight is 592 g/mol. The van der Waals surface area contributed by atoms with E-state index in [2.05, 4.69) is 11.4 Å². The van der Waals surface area contributed by atoms with E-state index < -0.39 is 23.6 Å². The maximum atomic E-state index is 12.5. The lowest BCUT2D eigenvalue weighted by molar-refractivity contribution is -0.123. The van der Waals surface area contributed by atoms with E-state index in [0.29, 0.717) is 41.4 Å². The van der Waals surface area contributed by atoms with Crippen molar-refractivity contribution in [3.63, 3.8) is 0 Å². The maximum Gasteiger partial charge on any atom is 0.411 e. The van der Waals surface area contributed by atoms with Gasteiger partial charge in [-0.25, -0.2) is 10.7 Å². The summed E-state index contributed by atoms with van der Waals surface area (Å²) in [7, 11) is 0. The molecule has 10 heteroatoms. The van der Waals surface area contributed by atoms with Crippen LogP contribution in [-0.2, 0) is 27.3 Å². The molecule has 0 saturated heterocycles. The number of allylic oxidation sites excluding steroid dienone is 1. The van der Waals surface area contributed by atoms with Crippen LogP contribution in [0.3, 0.4) is 0 Å². The van der Waals surface area contributed by atoms with E-state index in [0.717, 1.165) is 11.1 Å². The van der Waals surface area contributed by atoms with E-state index in [4.69, 9.17) is 37.8 Å². The Hall–Kier alpha value is -3.11. The van der Waals surface area contributed by atoms with Crippen molar-refractivity contribution in [3.8, 4) is 11.5 Å². The number of hydrogen-bond donors (Lipinski definition) is 3. The Kier molecular flexibility index (Phi) is 15.5. The van der Waals surface area contributed by atoms with Gasteiger partial charge in [0, 0.05) is 18.1 Å². The predicted molar refractivity (Wildman–Crippen MR) is 162 cm³/mol. The quantitative estimate of drug-likeness (QED) is 0.276. The zero-order valence-corrected chi connectivity index (χ0v) is 25.8. The molecule has 4 rings (SSSR count). The molecule has 228 valence electrons. The normalized spacial score (nSPS) is 18.5. The van der Waals surface area contributed by atoms with Crippen LogP contribution >= 0.6 is 11.6 Å². The second kappa shape index (κ2) is 17.6. The summed E-state index contributed by atoms with van der Waals surface area (Å²) in [6, 6.07) is 11.9. The number of nitrogens with zero attached hydrogens (tertiary/aromatic N) is 1. The van der Waals surface area contributed by atoms with Crippen LogP contribution in [0.2, 0.25) is 5.02 Å². The number of rotatable bonds is 6. The topological polar surface area (TPSA) is 137 Å². The molecule has 3 unspecified atom stereocenters. The highest BCUT2D eigenvalue weighted by Gasteiger charge is 2.36. The number of primary amides is 1. The van der Waals surface area contributed by atoms with Gasteiger partial charge in [0.15, 0.2) is 0 Å². The van der Waals surface area contributed by atoms with E-state index in [1.807, 2.05) is 44.2 Å². The summed E-state index contributed by atoms with van der Waals surface area (Å²) in [5.74, 6) is 6.86. The Morgan fingerprint density at radius 1 is 1.15 bits per heavy atom. The first-order valence-corrected chi connectivity index (χ1v) is 14.2. The predicted octanol–water partition coefficient (Wildman–Crippen LogP) is 6.00. The zero-order chi connectivity index (χ0) is 31.2. The molecule has 41 heavy (non-hydrogen) atoms. The molecule has 1 heterocycles. The summed E-state index contributed by atoms with van der Waals surface area (Å²) < 4.78 is 11.3. The van der Waals surface area contributed by atoms with Crippen LogP contribution in [0, 0.1) is 11.8 Å². The van der Waals surface area contributed by atoms with E-state index >= 15 is 0 Å². The lowest BCUT2D eigenvalue weighted by Gasteiger charge is -2.36. The summed E-state index contributed by atoms with van der Waals surface area (Å²) in [6.45, 7) is 15.9. The number of carbonyl (C=O) groups excluding carboxylic acids is 2. The number of benzene rings is 2. The van der Waals surface area contributed by atoms with Crippen molar-refractivity contribution in [1.29, 1.82) is 0 Å². The average Bonchev–Trinajstić information content (AvgIpc) is 3.67. The summed E-state index contributed by atoms with van der Waals surface area (Å²) in [4.78, 5) is 30.4. The fraction of sp³-hybridized carbons (Fsp3) is 0.484. The second-order valence-electron chi connectivity index (χ2n) is 10.3. The Morgan fingerprint density at radius 3 is 2.29 bits per heavy atom. The first-order chi connectivity index (χ1) is 19.4. The Balaban J connectivity index is 0.000000539. The molecule has 0 aromatic heterocycles. The monoisotopic (exact) mass is 591 g/mol. The van der Waals surface area contributed by atoms with Gasteiger partial charge in [-0.15, -0.1) is 6.58 Å². The van der Waals surface area contributed by atoms with Gasteiger partial charge in [0.2, 0.25) is 5.91 Å². The molecule has 3 atom stereocenters. The highest BCUT2D eigenvalue weighted by molar-refractivity contribution is 6.30. The Bertz CT molecular complexity index is 1120. The third kappa shape index (κ3) is 12.5. The van der Waals surface area contributed by atoms with E-state index in [-0.39, 0.29) is 13.2 Å². The summed E-state index contributed by atoms with van der Waals surface area (Å²) in [5.41, 5.74) is 6.73. The summed E-state index contributed by atoms with van der Waals surface area (Å²) in [6.07, 6.45) is 2.92. The minimum atomic E-state index is -0.774. The Labute approximate surface area is 249 Å². The van der Waals surface area contributed by atoms with Gasteiger partial charge in [0.05, 0.1) is 13.2 Å². The summed E-state index contributed by atoms with van der Waals surface area (Å²) in [5, 5.41) is 8.15. The number of halogens is 1. The number of aliphatic hydroxyl groups excluding tert-OH is 1. The first-order valence-electron chi connectivity index (χ1n) is 13.8. The fourth-order valence-electron chi connectivity index (χ4n) is 3.93. The number of aliphatic hydroxyl groups is 1. The molecule has 1 fully saturated rings. The molecule has 1 saturated carbocycles. The van der Waals surface area contributed by atoms with Gasteiger partial charge in [-0.2, -0.15) is 0 Å². The van der Waals surface area contributed by atoms with Gasteiger partial charge in [0.1, 0.15) is 23.1 Å². The number of ether oxygens (including phenoxy) is 2. The van der Waals surface area contributed by atoms with Crippen molar-refractivity contribution in [2.45, 2.75) is 72.6 Å². The van der Waals surface area contributed by atoms with Crippen molar-refractivity contribution in [2.24, 2.45) is 23.5 Å². The zero-order valence-electron chi connectivity index (χ0n) is 25.1. The third-order valence-electron chi connectivity index (χ3n) is 5.89. The SMILES string of the molecule is C=CC1CC1CON.CC.CC(C)(C)OC(=O)N1Cc2ccc(Oc3cccc(Cl)c3)cc2CC1C(N)=O.CCO. The second-order valence-corrected chi connectivity index (χ2v) is 10.7. The van der Waals surface area contributed by atoms with Gasteiger partial charge in [-0.1, -0.05) is 43.7 Å². The number of nitrogens with two attached hydrogens (primary N) is 2. The highest BCUT2D eigenvalue weighted by atomic mass is 35.5. The largest absolute Gasteiger partial charge is 0.457 e. The van der Waals surface area contributed by atoms with E-state index in [1.54, 1.807) is 45.9 Å². The minimum Gasteiger partial charge on any atom is -0.457 e. The van der Waals surface area contributed by atoms with Crippen molar-refractivity contribution in [1.82, 2.24) is 4.90 Å². The molecule has 0 radical (unpaired) electrons. The number of hydrogen-bond acceptors (Lipinski definition) is 7. The van der Waals surface area contributed by atoms with Gasteiger partial charge >= 0.3 is 6.09 Å². The van der Waals surface area contributed by atoms with Crippen LogP contribution in [0.5, 0.6) is 11.5 Å². The molecule has 1 aliphatic carbocycles. The molecule has 1 aliphatic heterocycles. The van der Waals surface area contributed by atoms with Crippen LogP contribution in [0.25, 0.3) is 0 Å². The molecule has 0 spiro atoms. The van der Waals surface area contributed by atoms with Crippen LogP contribution in [0.4, 0.5) is 4.79 Å². The lowest BCUT2D eigenvalue weighted by Crippen LogP contribution is -2.52. The molecule has 5 N–H and O–H groups in total. The molecule has 9 nitrogen and oxygen atoms in total. The van der Waals surface area contributed by atoms with E-state index in [1.165, 1.54) is 11.3 Å². The van der Waals surface area contributed by atoms with Gasteiger partial charge in [-0.05, 0) is 87.4 Å². The summed E-state index contributed by atoms with van der Waals surface area (Å²) >= 11 is 5.99. The molecule has 2 aliphatic rings. The van der Waals surface area contributed by atoms with Crippen LogP contribution in [-0.4, -0.2) is 46.9 Å². The standard InChI is InChI=1S/C21H23ClN2O4.C6H11NO.C2H6O.C2H6/c1-21(2,3)28-20(26)24-12-13-7-8-17(9-14(13)10-18(24)19(23)25)27-16-6-4-5-15(22)11-16;1-2-5-3-6(5)4-8-7;1-2-3;1-2/h4-9,11,18H,10,12H2,1-3H3,(H2,23,25);2,5-6H,1,3-4,7H2;3H,2H2,1H3;1-2H3. The van der Waals surface area contributed by atoms with Crippen LogP contribution < -0.4 is 16.4 Å².